The van der Waals surface area contributed by atoms with Gasteiger partial charge in [-0.25, -0.2) is 13.6 Å². The molecule has 0 unspecified atom stereocenters. The molecule has 0 aliphatic heterocycles. The number of halogens is 2. The van der Waals surface area contributed by atoms with Crippen molar-refractivity contribution in [2.45, 2.75) is 0 Å². The molecule has 0 amide bonds. The van der Waals surface area contributed by atoms with Gasteiger partial charge in [0.1, 0.15) is 22.9 Å². The minimum absolute atomic E-state index is 0.0651. The first-order chi connectivity index (χ1) is 9.01. The molecule has 0 saturated carbocycles. The molecule has 1 N–H and O–H groups in total. The van der Waals surface area contributed by atoms with E-state index in [2.05, 4.69) is 0 Å². The maximum atomic E-state index is 13.1. The topological polar surface area (TPSA) is 46.5 Å². The lowest BCUT2D eigenvalue weighted by molar-refractivity contribution is 0.0693. The fourth-order valence-electron chi connectivity index (χ4n) is 1.78. The van der Waals surface area contributed by atoms with Crippen molar-refractivity contribution in [1.29, 1.82) is 0 Å². The van der Waals surface area contributed by atoms with Gasteiger partial charge in [-0.15, -0.1) is 0 Å². The summed E-state index contributed by atoms with van der Waals surface area (Å²) < 4.78 is 31.2. The number of carbonyl (C=O) groups is 1. The Bertz CT molecular complexity index is 618. The summed E-state index contributed by atoms with van der Waals surface area (Å²) in [7, 11) is 1.35. The number of ether oxygens (including phenoxy) is 1. The summed E-state index contributed by atoms with van der Waals surface area (Å²) in [5.74, 6) is -2.42. The van der Waals surface area contributed by atoms with Gasteiger partial charge in [0.25, 0.3) is 0 Å². The van der Waals surface area contributed by atoms with Crippen LogP contribution in [-0.4, -0.2) is 18.2 Å². The molecule has 0 fully saturated rings. The molecule has 2 aromatic rings. The van der Waals surface area contributed by atoms with E-state index in [1.807, 2.05) is 0 Å². The highest BCUT2D eigenvalue weighted by atomic mass is 19.1. The van der Waals surface area contributed by atoms with Crippen molar-refractivity contribution in [2.24, 2.45) is 0 Å². The Morgan fingerprint density at radius 2 is 1.68 bits per heavy atom. The van der Waals surface area contributed by atoms with E-state index < -0.39 is 17.6 Å². The zero-order valence-electron chi connectivity index (χ0n) is 9.98. The molecule has 0 saturated heterocycles. The van der Waals surface area contributed by atoms with Gasteiger partial charge in [-0.05, 0) is 35.4 Å². The Morgan fingerprint density at radius 1 is 1.05 bits per heavy atom. The van der Waals surface area contributed by atoms with E-state index in [1.165, 1.54) is 19.2 Å². The third kappa shape index (κ3) is 2.70. The number of carboxylic acids is 1. The highest BCUT2D eigenvalue weighted by Crippen LogP contribution is 2.27. The average molecular weight is 264 g/mol. The molecule has 0 radical (unpaired) electrons. The first kappa shape index (κ1) is 13.0. The summed E-state index contributed by atoms with van der Waals surface area (Å²) in [5, 5.41) is 9.05. The van der Waals surface area contributed by atoms with E-state index in [9.17, 15) is 13.6 Å². The van der Waals surface area contributed by atoms with Gasteiger partial charge in [0.05, 0.1) is 7.11 Å². The second-order valence-electron chi connectivity index (χ2n) is 3.88. The van der Waals surface area contributed by atoms with Crippen molar-refractivity contribution in [1.82, 2.24) is 0 Å². The summed E-state index contributed by atoms with van der Waals surface area (Å²) >= 11 is 0. The molecular weight excluding hydrogens is 254 g/mol. The summed E-state index contributed by atoms with van der Waals surface area (Å²) in [6.07, 6.45) is 0. The molecule has 98 valence electrons. The first-order valence-corrected chi connectivity index (χ1v) is 5.39. The lowest BCUT2D eigenvalue weighted by Crippen LogP contribution is -2.00. The quantitative estimate of drug-likeness (QED) is 0.924. The van der Waals surface area contributed by atoms with Crippen LogP contribution in [0.3, 0.4) is 0 Å². The second kappa shape index (κ2) is 5.06. The SMILES string of the molecule is COc1ccc(-c2cc(F)cc(F)c2)cc1C(=O)O. The summed E-state index contributed by atoms with van der Waals surface area (Å²) in [6.45, 7) is 0. The number of methoxy groups -OCH3 is 1. The van der Waals surface area contributed by atoms with Gasteiger partial charge in [0.2, 0.25) is 0 Å². The molecule has 0 atom stereocenters. The molecule has 0 spiro atoms. The lowest BCUT2D eigenvalue weighted by Gasteiger charge is -2.08. The summed E-state index contributed by atoms with van der Waals surface area (Å²) in [4.78, 5) is 11.1. The predicted molar refractivity (Wildman–Crippen MR) is 65.3 cm³/mol. The maximum Gasteiger partial charge on any atom is 0.339 e. The van der Waals surface area contributed by atoms with Gasteiger partial charge in [-0.1, -0.05) is 6.07 Å². The van der Waals surface area contributed by atoms with Gasteiger partial charge in [-0.2, -0.15) is 0 Å². The van der Waals surface area contributed by atoms with E-state index >= 15 is 0 Å². The first-order valence-electron chi connectivity index (χ1n) is 5.39. The van der Waals surface area contributed by atoms with E-state index in [0.29, 0.717) is 5.56 Å². The number of rotatable bonds is 3. The van der Waals surface area contributed by atoms with Crippen LogP contribution in [0, 0.1) is 11.6 Å². The van der Waals surface area contributed by atoms with Crippen LogP contribution in [0.1, 0.15) is 10.4 Å². The normalized spacial score (nSPS) is 10.3. The van der Waals surface area contributed by atoms with Crippen LogP contribution in [-0.2, 0) is 0 Å². The molecule has 0 aliphatic carbocycles. The maximum absolute atomic E-state index is 13.1. The standard InChI is InChI=1S/C14H10F2O3/c1-19-13-3-2-8(6-12(13)14(17)18)9-4-10(15)7-11(16)5-9/h2-7H,1H3,(H,17,18). The van der Waals surface area contributed by atoms with Gasteiger partial charge in [-0.3, -0.25) is 0 Å². The minimum Gasteiger partial charge on any atom is -0.496 e. The van der Waals surface area contributed by atoms with Crippen LogP contribution in [0.4, 0.5) is 8.78 Å². The highest BCUT2D eigenvalue weighted by Gasteiger charge is 2.13. The minimum atomic E-state index is -1.17. The monoisotopic (exact) mass is 264 g/mol. The molecule has 0 aromatic heterocycles. The third-order valence-electron chi connectivity index (χ3n) is 2.63. The van der Waals surface area contributed by atoms with E-state index in [0.717, 1.165) is 18.2 Å². The van der Waals surface area contributed by atoms with Crippen molar-refractivity contribution in [3.63, 3.8) is 0 Å². The molecule has 2 aromatic carbocycles. The highest BCUT2D eigenvalue weighted by molar-refractivity contribution is 5.92. The Labute approximate surface area is 108 Å². The fourth-order valence-corrected chi connectivity index (χ4v) is 1.78. The number of hydrogen-bond donors (Lipinski definition) is 1. The summed E-state index contributed by atoms with van der Waals surface area (Å²) in [6, 6.07) is 7.33. The molecule has 0 aliphatic rings. The van der Waals surface area contributed by atoms with E-state index in [4.69, 9.17) is 9.84 Å². The predicted octanol–water partition coefficient (Wildman–Crippen LogP) is 3.34. The molecule has 5 heteroatoms. The molecule has 0 heterocycles. The molecule has 19 heavy (non-hydrogen) atoms. The Hall–Kier alpha value is -2.43. The van der Waals surface area contributed by atoms with Crippen molar-refractivity contribution in [3.05, 3.63) is 53.6 Å². The zero-order valence-corrected chi connectivity index (χ0v) is 9.98. The Morgan fingerprint density at radius 3 is 2.21 bits per heavy atom. The Balaban J connectivity index is 2.57. The lowest BCUT2D eigenvalue weighted by atomic mass is 10.0. The van der Waals surface area contributed by atoms with Crippen molar-refractivity contribution in [2.75, 3.05) is 7.11 Å². The van der Waals surface area contributed by atoms with Crippen LogP contribution in [0.5, 0.6) is 5.75 Å². The molecule has 0 bridgehead atoms. The molecule has 2 rings (SSSR count). The number of benzene rings is 2. The second-order valence-corrected chi connectivity index (χ2v) is 3.88. The summed E-state index contributed by atoms with van der Waals surface area (Å²) in [5.41, 5.74) is 0.601. The van der Waals surface area contributed by atoms with Gasteiger partial charge >= 0.3 is 5.97 Å². The van der Waals surface area contributed by atoms with E-state index in [1.54, 1.807) is 6.07 Å². The van der Waals surface area contributed by atoms with Gasteiger partial charge in [0.15, 0.2) is 0 Å². The molecular formula is C14H10F2O3. The van der Waals surface area contributed by atoms with Crippen LogP contribution in [0.15, 0.2) is 36.4 Å². The number of aromatic carboxylic acids is 1. The van der Waals surface area contributed by atoms with Crippen LogP contribution in [0.2, 0.25) is 0 Å². The van der Waals surface area contributed by atoms with Gasteiger partial charge in [0, 0.05) is 6.07 Å². The average Bonchev–Trinajstić information content (AvgIpc) is 2.36. The van der Waals surface area contributed by atoms with Crippen LogP contribution in [0.25, 0.3) is 11.1 Å². The third-order valence-corrected chi connectivity index (χ3v) is 2.63. The van der Waals surface area contributed by atoms with Crippen molar-refractivity contribution in [3.8, 4) is 16.9 Å². The van der Waals surface area contributed by atoms with Gasteiger partial charge < -0.3 is 9.84 Å². The van der Waals surface area contributed by atoms with E-state index in [-0.39, 0.29) is 16.9 Å². The van der Waals surface area contributed by atoms with Crippen LogP contribution >= 0.6 is 0 Å². The van der Waals surface area contributed by atoms with Crippen molar-refractivity contribution >= 4 is 5.97 Å². The molecule has 3 nitrogen and oxygen atoms in total. The van der Waals surface area contributed by atoms with Crippen molar-refractivity contribution < 1.29 is 23.4 Å². The smallest absolute Gasteiger partial charge is 0.339 e. The number of carboxylic acid groups (broad SMARTS) is 1. The Kier molecular flexibility index (Phi) is 3.46. The fraction of sp³-hybridized carbons (Fsp3) is 0.0714. The van der Waals surface area contributed by atoms with Crippen LogP contribution < -0.4 is 4.74 Å². The zero-order chi connectivity index (χ0) is 14.0. The number of hydrogen-bond acceptors (Lipinski definition) is 2. The largest absolute Gasteiger partial charge is 0.496 e.